The molecule has 37 heavy (non-hydrogen) atoms. The van der Waals surface area contributed by atoms with Crippen LogP contribution >= 0.6 is 11.6 Å². The van der Waals surface area contributed by atoms with E-state index in [4.69, 9.17) is 16.3 Å². The molecule has 1 aliphatic rings. The number of anilines is 2. The van der Waals surface area contributed by atoms with Crippen molar-refractivity contribution in [2.75, 3.05) is 16.4 Å². The van der Waals surface area contributed by atoms with Gasteiger partial charge in [-0.1, -0.05) is 29.8 Å². The van der Waals surface area contributed by atoms with Crippen molar-refractivity contribution in [1.82, 2.24) is 0 Å². The first kappa shape index (κ1) is 26.7. The number of benzene rings is 3. The number of carbonyl (C=O) groups is 2. The van der Waals surface area contributed by atoms with Crippen molar-refractivity contribution in [3.8, 4) is 5.75 Å². The Kier molecular flexibility index (Phi) is 7.90. The van der Waals surface area contributed by atoms with Gasteiger partial charge < -0.3 is 19.6 Å². The quantitative estimate of drug-likeness (QED) is 0.390. The molecule has 1 heterocycles. The molecule has 4 rings (SSSR count). The second-order valence-corrected chi connectivity index (χ2v) is 10.6. The molecule has 0 saturated heterocycles. The minimum Gasteiger partial charge on any atom is -0.493 e. The third-order valence-corrected chi connectivity index (χ3v) is 6.87. The number of ether oxygens (including phenoxy) is 1. The van der Waals surface area contributed by atoms with Gasteiger partial charge in [-0.3, -0.25) is 9.59 Å². The number of aliphatic hydroxyl groups is 1. The number of fused-ring (bicyclic) bond motifs is 1. The number of hydrogen-bond acceptors (Lipinski definition) is 4. The van der Waals surface area contributed by atoms with Crippen molar-refractivity contribution in [1.29, 1.82) is 0 Å². The summed E-state index contributed by atoms with van der Waals surface area (Å²) >= 11 is 6.09. The Morgan fingerprint density at radius 2 is 1.70 bits per heavy atom. The maximum absolute atomic E-state index is 13.7. The van der Waals surface area contributed by atoms with Crippen LogP contribution in [0.4, 0.5) is 11.4 Å². The van der Waals surface area contributed by atoms with Crippen LogP contribution in [0.25, 0.3) is 0 Å². The van der Waals surface area contributed by atoms with Gasteiger partial charge in [0.1, 0.15) is 5.75 Å². The molecule has 1 aliphatic heterocycles. The van der Waals surface area contributed by atoms with Gasteiger partial charge >= 0.3 is 0 Å². The highest BCUT2D eigenvalue weighted by Crippen LogP contribution is 2.43. The van der Waals surface area contributed by atoms with Gasteiger partial charge in [-0.15, -0.1) is 0 Å². The van der Waals surface area contributed by atoms with Crippen molar-refractivity contribution in [2.45, 2.75) is 58.2 Å². The van der Waals surface area contributed by atoms with Crippen LogP contribution < -0.4 is 14.5 Å². The average molecular weight is 521 g/mol. The van der Waals surface area contributed by atoms with E-state index in [9.17, 15) is 14.7 Å². The molecule has 194 valence electrons. The molecule has 3 aromatic carbocycles. The molecule has 0 unspecified atom stereocenters. The van der Waals surface area contributed by atoms with Crippen LogP contribution in [0.1, 0.15) is 62.5 Å². The molecule has 0 saturated carbocycles. The van der Waals surface area contributed by atoms with E-state index in [1.807, 2.05) is 48.2 Å². The van der Waals surface area contributed by atoms with Crippen LogP contribution in [-0.2, 0) is 4.79 Å². The van der Waals surface area contributed by atoms with Crippen molar-refractivity contribution >= 4 is 34.8 Å². The zero-order valence-electron chi connectivity index (χ0n) is 21.6. The topological polar surface area (TPSA) is 70.1 Å². The van der Waals surface area contributed by atoms with Crippen LogP contribution in [-0.4, -0.2) is 35.2 Å². The lowest BCUT2D eigenvalue weighted by molar-refractivity contribution is -0.117. The zero-order chi connectivity index (χ0) is 26.7. The van der Waals surface area contributed by atoms with Crippen molar-refractivity contribution in [2.24, 2.45) is 0 Å². The number of para-hydroxylation sites is 1. The van der Waals surface area contributed by atoms with Crippen molar-refractivity contribution in [3.05, 3.63) is 88.9 Å². The zero-order valence-corrected chi connectivity index (χ0v) is 22.4. The lowest BCUT2D eigenvalue weighted by atomic mass is 9.89. The molecule has 0 aromatic heterocycles. The van der Waals surface area contributed by atoms with E-state index in [-0.39, 0.29) is 23.9 Å². The maximum atomic E-state index is 13.7. The summed E-state index contributed by atoms with van der Waals surface area (Å²) in [5, 5.41) is 10.5. The Morgan fingerprint density at radius 1 is 1.05 bits per heavy atom. The third kappa shape index (κ3) is 6.14. The molecule has 0 fully saturated rings. The molecule has 1 N–H and O–H groups in total. The summed E-state index contributed by atoms with van der Waals surface area (Å²) in [6.07, 6.45) is 1.09. The summed E-state index contributed by atoms with van der Waals surface area (Å²) < 4.78 is 5.72. The highest BCUT2D eigenvalue weighted by molar-refractivity contribution is 6.30. The fraction of sp³-hybridized carbons (Fsp3) is 0.333. The molecule has 0 radical (unpaired) electrons. The number of carbonyl (C=O) groups excluding carboxylic acids is 2. The molecule has 6 nitrogen and oxygen atoms in total. The highest BCUT2D eigenvalue weighted by atomic mass is 35.5. The Hall–Kier alpha value is -3.35. The van der Waals surface area contributed by atoms with Gasteiger partial charge in [0, 0.05) is 41.3 Å². The van der Waals surface area contributed by atoms with E-state index in [1.54, 1.807) is 62.1 Å². The monoisotopic (exact) mass is 520 g/mol. The van der Waals surface area contributed by atoms with Crippen LogP contribution in [0.3, 0.4) is 0 Å². The highest BCUT2D eigenvalue weighted by Gasteiger charge is 2.38. The van der Waals surface area contributed by atoms with E-state index in [0.717, 1.165) is 16.9 Å². The van der Waals surface area contributed by atoms with Gasteiger partial charge in [0.2, 0.25) is 5.91 Å². The number of amides is 2. The minimum atomic E-state index is -0.795. The second-order valence-electron chi connectivity index (χ2n) is 10.1. The predicted molar refractivity (Wildman–Crippen MR) is 148 cm³/mol. The largest absolute Gasteiger partial charge is 0.493 e. The van der Waals surface area contributed by atoms with Crippen molar-refractivity contribution in [3.63, 3.8) is 0 Å². The van der Waals surface area contributed by atoms with E-state index in [2.05, 4.69) is 0 Å². The Balaban J connectivity index is 1.60. The van der Waals surface area contributed by atoms with E-state index < -0.39 is 5.60 Å². The van der Waals surface area contributed by atoms with Crippen molar-refractivity contribution < 1.29 is 19.4 Å². The van der Waals surface area contributed by atoms with Gasteiger partial charge in [0.25, 0.3) is 5.91 Å². The second kappa shape index (κ2) is 11.0. The lowest BCUT2D eigenvalue weighted by Crippen LogP contribution is -2.47. The van der Waals surface area contributed by atoms with Crippen LogP contribution in [0.5, 0.6) is 5.75 Å². The van der Waals surface area contributed by atoms with Crippen LogP contribution in [0.15, 0.2) is 72.8 Å². The SMILES string of the molecule is CC(=O)N(c1ccc(Cl)cc1)[C@@H]1C[C@H](C)N(C(=O)c2ccc(OCCC(C)(C)O)cc2)c2ccccc21. The summed E-state index contributed by atoms with van der Waals surface area (Å²) in [4.78, 5) is 30.1. The first-order valence-electron chi connectivity index (χ1n) is 12.5. The Morgan fingerprint density at radius 3 is 2.32 bits per heavy atom. The molecule has 0 spiro atoms. The van der Waals surface area contributed by atoms with Gasteiger partial charge in [0.15, 0.2) is 0 Å². The molecule has 7 heteroatoms. The number of halogens is 1. The average Bonchev–Trinajstić information content (AvgIpc) is 2.84. The first-order chi connectivity index (χ1) is 17.5. The summed E-state index contributed by atoms with van der Waals surface area (Å²) in [5.74, 6) is 0.463. The molecule has 2 atom stereocenters. The molecular weight excluding hydrogens is 488 g/mol. The van der Waals surface area contributed by atoms with E-state index >= 15 is 0 Å². The van der Waals surface area contributed by atoms with Gasteiger partial charge in [-0.2, -0.15) is 0 Å². The van der Waals surface area contributed by atoms with E-state index in [0.29, 0.717) is 35.8 Å². The summed E-state index contributed by atoms with van der Waals surface area (Å²) in [6, 6.07) is 21.7. The fourth-order valence-corrected chi connectivity index (χ4v) is 4.90. The Labute approximate surface area is 223 Å². The third-order valence-electron chi connectivity index (χ3n) is 6.62. The van der Waals surface area contributed by atoms with Gasteiger partial charge in [-0.25, -0.2) is 0 Å². The molecular formula is C30H33ClN2O4. The summed E-state index contributed by atoms with van der Waals surface area (Å²) in [7, 11) is 0. The number of hydrogen-bond donors (Lipinski definition) is 1. The molecule has 2 amide bonds. The van der Waals surface area contributed by atoms with E-state index in [1.165, 1.54) is 0 Å². The van der Waals surface area contributed by atoms with Crippen LogP contribution in [0, 0.1) is 0 Å². The molecule has 0 aliphatic carbocycles. The Bertz CT molecular complexity index is 1250. The fourth-order valence-electron chi connectivity index (χ4n) is 4.77. The molecule has 0 bridgehead atoms. The number of nitrogens with zero attached hydrogens (tertiary/aromatic N) is 2. The normalized spacial score (nSPS) is 17.2. The standard InChI is InChI=1S/C30H33ClN2O4/c1-20-19-28(33(21(2)34)24-13-11-23(31)12-14-24)26-7-5-6-8-27(26)32(20)29(35)22-9-15-25(16-10-22)37-18-17-30(3,4)36/h5-16,20,28,36H,17-19H2,1-4H3/t20-,28+/m0/s1. The predicted octanol–water partition coefficient (Wildman–Crippen LogP) is 6.41. The van der Waals surface area contributed by atoms with Gasteiger partial charge in [0.05, 0.1) is 18.2 Å². The minimum absolute atomic E-state index is 0.0747. The maximum Gasteiger partial charge on any atom is 0.258 e. The number of rotatable bonds is 7. The summed E-state index contributed by atoms with van der Waals surface area (Å²) in [5.41, 5.74) is 2.24. The smallest absolute Gasteiger partial charge is 0.258 e. The lowest BCUT2D eigenvalue weighted by Gasteiger charge is -2.43. The molecule has 3 aromatic rings. The van der Waals surface area contributed by atoms with Crippen LogP contribution in [0.2, 0.25) is 5.02 Å². The van der Waals surface area contributed by atoms with Gasteiger partial charge in [-0.05, 0) is 87.4 Å². The first-order valence-corrected chi connectivity index (χ1v) is 12.9. The summed E-state index contributed by atoms with van der Waals surface area (Å²) in [6.45, 7) is 7.44.